The van der Waals surface area contributed by atoms with Gasteiger partial charge in [-0.05, 0) is 6.07 Å². The molecule has 0 spiro atoms. The van der Waals surface area contributed by atoms with Crippen molar-refractivity contribution in [2.24, 2.45) is 5.73 Å². The molecular weight excluding hydrogens is 218 g/mol. The Morgan fingerprint density at radius 1 is 1.67 bits per heavy atom. The van der Waals surface area contributed by atoms with Crippen LogP contribution in [-0.4, -0.2) is 30.6 Å². The molecule has 0 saturated heterocycles. The van der Waals surface area contributed by atoms with Gasteiger partial charge in [0.2, 0.25) is 5.91 Å². The van der Waals surface area contributed by atoms with Crippen molar-refractivity contribution >= 4 is 23.2 Å². The molecule has 5 nitrogen and oxygen atoms in total. The lowest BCUT2D eigenvalue weighted by atomic mass is 10.4. The fourth-order valence-electron chi connectivity index (χ4n) is 0.949. The SMILES string of the molecule is NC(=O)COCCNc1ccncc1Cl. The Bertz CT molecular complexity index is 333. The van der Waals surface area contributed by atoms with Crippen molar-refractivity contribution in [3.63, 3.8) is 0 Å². The molecule has 1 aromatic heterocycles. The molecule has 0 bridgehead atoms. The summed E-state index contributed by atoms with van der Waals surface area (Å²) in [4.78, 5) is 14.2. The third-order valence-corrected chi connectivity index (χ3v) is 1.88. The Hall–Kier alpha value is -1.33. The number of primary amides is 1. The maximum Gasteiger partial charge on any atom is 0.243 e. The number of hydrogen-bond acceptors (Lipinski definition) is 4. The molecular formula is C9H12ClN3O2. The molecule has 6 heteroatoms. The second-order valence-corrected chi connectivity index (χ2v) is 3.21. The number of ether oxygens (including phenoxy) is 1. The van der Waals surface area contributed by atoms with E-state index >= 15 is 0 Å². The molecule has 0 unspecified atom stereocenters. The summed E-state index contributed by atoms with van der Waals surface area (Å²) in [7, 11) is 0. The summed E-state index contributed by atoms with van der Waals surface area (Å²) < 4.78 is 4.96. The number of pyridine rings is 1. The van der Waals surface area contributed by atoms with Crippen molar-refractivity contribution in [1.29, 1.82) is 0 Å². The monoisotopic (exact) mass is 229 g/mol. The van der Waals surface area contributed by atoms with Crippen LogP contribution in [0.3, 0.4) is 0 Å². The van der Waals surface area contributed by atoms with Crippen molar-refractivity contribution in [3.8, 4) is 0 Å². The van der Waals surface area contributed by atoms with Crippen LogP contribution < -0.4 is 11.1 Å². The summed E-state index contributed by atoms with van der Waals surface area (Å²) in [6.45, 7) is 0.879. The minimum absolute atomic E-state index is 0.0637. The van der Waals surface area contributed by atoms with Crippen molar-refractivity contribution in [3.05, 3.63) is 23.5 Å². The van der Waals surface area contributed by atoms with Gasteiger partial charge in [-0.3, -0.25) is 9.78 Å². The van der Waals surface area contributed by atoms with E-state index in [0.29, 0.717) is 18.2 Å². The average molecular weight is 230 g/mol. The van der Waals surface area contributed by atoms with Gasteiger partial charge in [-0.1, -0.05) is 11.6 Å². The van der Waals surface area contributed by atoms with E-state index in [1.165, 1.54) is 0 Å². The summed E-state index contributed by atoms with van der Waals surface area (Å²) in [5.74, 6) is -0.475. The van der Waals surface area contributed by atoms with Crippen LogP contribution in [0.4, 0.5) is 5.69 Å². The molecule has 0 fully saturated rings. The lowest BCUT2D eigenvalue weighted by Gasteiger charge is -2.07. The van der Waals surface area contributed by atoms with Gasteiger partial charge in [0, 0.05) is 18.9 Å². The van der Waals surface area contributed by atoms with Gasteiger partial charge in [0.1, 0.15) is 6.61 Å². The number of anilines is 1. The normalized spacial score (nSPS) is 9.93. The summed E-state index contributed by atoms with van der Waals surface area (Å²) in [5.41, 5.74) is 5.68. The molecule has 0 aromatic carbocycles. The van der Waals surface area contributed by atoms with Crippen molar-refractivity contribution in [1.82, 2.24) is 4.98 Å². The van der Waals surface area contributed by atoms with Crippen molar-refractivity contribution in [2.45, 2.75) is 0 Å². The number of amides is 1. The lowest BCUT2D eigenvalue weighted by molar-refractivity contribution is -0.122. The Balaban J connectivity index is 2.21. The third-order valence-electron chi connectivity index (χ3n) is 1.58. The summed E-state index contributed by atoms with van der Waals surface area (Å²) >= 11 is 5.85. The van der Waals surface area contributed by atoms with Gasteiger partial charge in [-0.2, -0.15) is 0 Å². The lowest BCUT2D eigenvalue weighted by Crippen LogP contribution is -2.20. The molecule has 1 amide bonds. The van der Waals surface area contributed by atoms with E-state index in [9.17, 15) is 4.79 Å². The first-order valence-corrected chi connectivity index (χ1v) is 4.77. The van der Waals surface area contributed by atoms with Gasteiger partial charge < -0.3 is 15.8 Å². The number of nitrogens with zero attached hydrogens (tertiary/aromatic N) is 1. The first-order chi connectivity index (χ1) is 7.20. The molecule has 1 heterocycles. The maximum atomic E-state index is 10.3. The minimum Gasteiger partial charge on any atom is -0.381 e. The topological polar surface area (TPSA) is 77.2 Å². The minimum atomic E-state index is -0.475. The second-order valence-electron chi connectivity index (χ2n) is 2.80. The molecule has 82 valence electrons. The molecule has 0 atom stereocenters. The third kappa shape index (κ3) is 4.62. The van der Waals surface area contributed by atoms with Gasteiger partial charge in [0.05, 0.1) is 17.3 Å². The van der Waals surface area contributed by atoms with Crippen molar-refractivity contribution in [2.75, 3.05) is 25.1 Å². The fourth-order valence-corrected chi connectivity index (χ4v) is 1.14. The number of nitrogens with one attached hydrogen (secondary N) is 1. The molecule has 15 heavy (non-hydrogen) atoms. The molecule has 0 aliphatic heterocycles. The number of aromatic nitrogens is 1. The van der Waals surface area contributed by atoms with E-state index in [2.05, 4.69) is 10.3 Å². The number of hydrogen-bond donors (Lipinski definition) is 2. The number of nitrogens with two attached hydrogens (primary N) is 1. The van der Waals surface area contributed by atoms with Crippen LogP contribution in [0.5, 0.6) is 0 Å². The molecule has 0 aliphatic rings. The summed E-state index contributed by atoms with van der Waals surface area (Å²) in [6.07, 6.45) is 3.19. The highest BCUT2D eigenvalue weighted by molar-refractivity contribution is 6.33. The quantitative estimate of drug-likeness (QED) is 0.703. The van der Waals surface area contributed by atoms with Gasteiger partial charge >= 0.3 is 0 Å². The van der Waals surface area contributed by atoms with Crippen LogP contribution in [0.2, 0.25) is 5.02 Å². The number of carbonyl (C=O) groups excluding carboxylic acids is 1. The molecule has 1 rings (SSSR count). The summed E-state index contributed by atoms with van der Waals surface area (Å²) in [6, 6.07) is 1.76. The fraction of sp³-hybridized carbons (Fsp3) is 0.333. The smallest absolute Gasteiger partial charge is 0.243 e. The predicted molar refractivity (Wildman–Crippen MR) is 57.8 cm³/mol. The van der Waals surface area contributed by atoms with Gasteiger partial charge in [-0.25, -0.2) is 0 Å². The van der Waals surface area contributed by atoms with Gasteiger partial charge in [-0.15, -0.1) is 0 Å². The van der Waals surface area contributed by atoms with E-state index in [1.54, 1.807) is 18.5 Å². The highest BCUT2D eigenvalue weighted by Crippen LogP contribution is 2.18. The van der Waals surface area contributed by atoms with Gasteiger partial charge in [0.25, 0.3) is 0 Å². The molecule has 3 N–H and O–H groups in total. The Kier molecular flexibility index (Phi) is 4.86. The highest BCUT2D eigenvalue weighted by atomic mass is 35.5. The second kappa shape index (κ2) is 6.21. The molecule has 0 radical (unpaired) electrons. The zero-order valence-electron chi connectivity index (χ0n) is 8.07. The first kappa shape index (κ1) is 11.7. The number of carbonyl (C=O) groups is 1. The Labute approximate surface area is 92.6 Å². The number of halogens is 1. The van der Waals surface area contributed by atoms with E-state index < -0.39 is 5.91 Å². The van der Waals surface area contributed by atoms with Crippen LogP contribution in [0, 0.1) is 0 Å². The van der Waals surface area contributed by atoms with E-state index in [4.69, 9.17) is 22.1 Å². The van der Waals surface area contributed by atoms with Crippen LogP contribution in [0.1, 0.15) is 0 Å². The first-order valence-electron chi connectivity index (χ1n) is 4.39. The van der Waals surface area contributed by atoms with Crippen LogP contribution in [0.15, 0.2) is 18.5 Å². The zero-order chi connectivity index (χ0) is 11.1. The Morgan fingerprint density at radius 3 is 3.13 bits per heavy atom. The molecule has 1 aromatic rings. The average Bonchev–Trinajstić information content (AvgIpc) is 2.20. The zero-order valence-corrected chi connectivity index (χ0v) is 8.83. The standard InChI is InChI=1S/C9H12ClN3O2/c10-7-5-12-2-1-8(7)13-3-4-15-6-9(11)14/h1-2,5H,3-4,6H2,(H2,11,14)(H,12,13). The van der Waals surface area contributed by atoms with Crippen LogP contribution in [-0.2, 0) is 9.53 Å². The highest BCUT2D eigenvalue weighted by Gasteiger charge is 1.98. The van der Waals surface area contributed by atoms with Gasteiger partial charge in [0.15, 0.2) is 0 Å². The van der Waals surface area contributed by atoms with Crippen molar-refractivity contribution < 1.29 is 9.53 Å². The largest absolute Gasteiger partial charge is 0.381 e. The summed E-state index contributed by atoms with van der Waals surface area (Å²) in [5, 5.41) is 3.59. The predicted octanol–water partition coefficient (Wildman–Crippen LogP) is 0.649. The maximum absolute atomic E-state index is 10.3. The van der Waals surface area contributed by atoms with E-state index in [1.807, 2.05) is 0 Å². The molecule has 0 aliphatic carbocycles. The van der Waals surface area contributed by atoms with E-state index in [-0.39, 0.29) is 6.61 Å². The molecule has 0 saturated carbocycles. The Morgan fingerprint density at radius 2 is 2.47 bits per heavy atom. The number of rotatable bonds is 6. The van der Waals surface area contributed by atoms with E-state index in [0.717, 1.165) is 5.69 Å². The van der Waals surface area contributed by atoms with Crippen LogP contribution in [0.25, 0.3) is 0 Å². The van der Waals surface area contributed by atoms with Crippen LogP contribution >= 0.6 is 11.6 Å².